The third-order valence-electron chi connectivity index (χ3n) is 2.84. The SMILES string of the molecule is Cl.N[C@H](c1ccsc1)c1ccc2cc[nH]c2c1. The topological polar surface area (TPSA) is 41.8 Å². The van der Waals surface area contributed by atoms with E-state index in [2.05, 4.69) is 46.1 Å². The van der Waals surface area contributed by atoms with E-state index in [1.165, 1.54) is 10.9 Å². The second-order valence-corrected chi connectivity index (χ2v) is 4.64. The van der Waals surface area contributed by atoms with E-state index in [4.69, 9.17) is 5.73 Å². The lowest BCUT2D eigenvalue weighted by molar-refractivity contribution is 0.878. The Kier molecular flexibility index (Phi) is 3.52. The lowest BCUT2D eigenvalue weighted by Gasteiger charge is -2.10. The molecule has 1 atom stereocenters. The fraction of sp³-hybridized carbons (Fsp3) is 0.0769. The van der Waals surface area contributed by atoms with E-state index < -0.39 is 0 Å². The van der Waals surface area contributed by atoms with Crippen molar-refractivity contribution in [2.75, 3.05) is 0 Å². The smallest absolute Gasteiger partial charge is 0.0560 e. The molecule has 2 nitrogen and oxygen atoms in total. The number of hydrogen-bond donors (Lipinski definition) is 2. The van der Waals surface area contributed by atoms with Gasteiger partial charge < -0.3 is 10.7 Å². The Morgan fingerprint density at radius 1 is 1.12 bits per heavy atom. The maximum Gasteiger partial charge on any atom is 0.0560 e. The maximum absolute atomic E-state index is 6.21. The van der Waals surface area contributed by atoms with Crippen LogP contribution in [0, 0.1) is 0 Å². The van der Waals surface area contributed by atoms with Crippen LogP contribution in [0.2, 0.25) is 0 Å². The number of hydrogen-bond acceptors (Lipinski definition) is 2. The van der Waals surface area contributed by atoms with Crippen molar-refractivity contribution in [2.24, 2.45) is 5.73 Å². The average molecular weight is 265 g/mol. The number of aromatic nitrogens is 1. The molecule has 3 aromatic rings. The second kappa shape index (κ2) is 4.92. The monoisotopic (exact) mass is 264 g/mol. The third-order valence-corrected chi connectivity index (χ3v) is 3.54. The Labute approximate surface area is 110 Å². The van der Waals surface area contributed by atoms with Crippen LogP contribution in [0.15, 0.2) is 47.3 Å². The first kappa shape index (κ1) is 12.2. The predicted molar refractivity (Wildman–Crippen MR) is 75.9 cm³/mol. The van der Waals surface area contributed by atoms with Gasteiger partial charge in [-0.2, -0.15) is 11.3 Å². The van der Waals surface area contributed by atoms with Crippen LogP contribution >= 0.6 is 23.7 Å². The van der Waals surface area contributed by atoms with Gasteiger partial charge in [-0.05, 0) is 45.5 Å². The first-order valence-corrected chi connectivity index (χ1v) is 6.13. The van der Waals surface area contributed by atoms with Crippen molar-refractivity contribution < 1.29 is 0 Å². The lowest BCUT2D eigenvalue weighted by Crippen LogP contribution is -2.10. The molecule has 2 heterocycles. The highest BCUT2D eigenvalue weighted by molar-refractivity contribution is 7.08. The van der Waals surface area contributed by atoms with Gasteiger partial charge in [-0.3, -0.25) is 0 Å². The summed E-state index contributed by atoms with van der Waals surface area (Å²) in [5.41, 5.74) is 9.68. The summed E-state index contributed by atoms with van der Waals surface area (Å²) in [6.45, 7) is 0. The van der Waals surface area contributed by atoms with Gasteiger partial charge in [-0.25, -0.2) is 0 Å². The Morgan fingerprint density at radius 3 is 2.76 bits per heavy atom. The van der Waals surface area contributed by atoms with E-state index >= 15 is 0 Å². The first-order chi connectivity index (χ1) is 7.84. The van der Waals surface area contributed by atoms with Crippen LogP contribution in [0.1, 0.15) is 17.2 Å². The van der Waals surface area contributed by atoms with Crippen molar-refractivity contribution in [3.8, 4) is 0 Å². The highest BCUT2D eigenvalue weighted by Gasteiger charge is 2.09. The largest absolute Gasteiger partial charge is 0.361 e. The van der Waals surface area contributed by atoms with E-state index in [0.717, 1.165) is 11.1 Å². The molecule has 0 spiro atoms. The van der Waals surface area contributed by atoms with Crippen molar-refractivity contribution in [1.29, 1.82) is 0 Å². The van der Waals surface area contributed by atoms with Crippen molar-refractivity contribution >= 4 is 34.6 Å². The molecule has 0 aliphatic heterocycles. The molecule has 88 valence electrons. The van der Waals surface area contributed by atoms with Crippen LogP contribution in [0.3, 0.4) is 0 Å². The van der Waals surface area contributed by atoms with Gasteiger partial charge in [0.25, 0.3) is 0 Å². The van der Waals surface area contributed by atoms with Gasteiger partial charge in [-0.1, -0.05) is 12.1 Å². The molecule has 0 unspecified atom stereocenters. The molecule has 0 radical (unpaired) electrons. The van der Waals surface area contributed by atoms with E-state index in [0.29, 0.717) is 0 Å². The fourth-order valence-electron chi connectivity index (χ4n) is 1.90. The van der Waals surface area contributed by atoms with Crippen molar-refractivity contribution in [3.63, 3.8) is 0 Å². The number of aromatic amines is 1. The van der Waals surface area contributed by atoms with E-state index in [9.17, 15) is 0 Å². The van der Waals surface area contributed by atoms with Crippen LogP contribution in [0.5, 0.6) is 0 Å². The van der Waals surface area contributed by atoms with Gasteiger partial charge in [0.05, 0.1) is 6.04 Å². The van der Waals surface area contributed by atoms with Gasteiger partial charge in [0, 0.05) is 11.7 Å². The maximum atomic E-state index is 6.21. The molecule has 3 N–H and O–H groups in total. The zero-order chi connectivity index (χ0) is 11.0. The molecule has 0 fully saturated rings. The molecular formula is C13H13ClN2S. The molecule has 3 rings (SSSR count). The minimum Gasteiger partial charge on any atom is -0.361 e. The number of thiophene rings is 1. The Balaban J connectivity index is 0.00000108. The quantitative estimate of drug-likeness (QED) is 0.728. The Hall–Kier alpha value is -1.29. The third kappa shape index (κ3) is 2.22. The van der Waals surface area contributed by atoms with Crippen molar-refractivity contribution in [1.82, 2.24) is 4.98 Å². The fourth-order valence-corrected chi connectivity index (χ4v) is 2.60. The van der Waals surface area contributed by atoms with Crippen molar-refractivity contribution in [3.05, 3.63) is 58.4 Å². The number of benzene rings is 1. The Morgan fingerprint density at radius 2 is 2.00 bits per heavy atom. The Bertz CT molecular complexity index is 601. The number of fused-ring (bicyclic) bond motifs is 1. The molecule has 0 saturated carbocycles. The minimum absolute atomic E-state index is 0. The number of halogens is 1. The summed E-state index contributed by atoms with van der Waals surface area (Å²) in [5, 5.41) is 5.38. The molecule has 0 aliphatic carbocycles. The molecule has 0 amide bonds. The first-order valence-electron chi connectivity index (χ1n) is 5.19. The van der Waals surface area contributed by atoms with E-state index in [1.807, 2.05) is 6.20 Å². The highest BCUT2D eigenvalue weighted by atomic mass is 35.5. The summed E-state index contributed by atoms with van der Waals surface area (Å²) in [6, 6.07) is 10.4. The number of H-pyrrole nitrogens is 1. The molecule has 1 aromatic carbocycles. The van der Waals surface area contributed by atoms with Crippen LogP contribution in [-0.2, 0) is 0 Å². The van der Waals surface area contributed by atoms with Gasteiger partial charge in [-0.15, -0.1) is 12.4 Å². The highest BCUT2D eigenvalue weighted by Crippen LogP contribution is 2.24. The number of nitrogens with one attached hydrogen (secondary N) is 1. The zero-order valence-electron chi connectivity index (χ0n) is 9.09. The summed E-state index contributed by atoms with van der Waals surface area (Å²) in [5.74, 6) is 0. The van der Waals surface area contributed by atoms with Crippen LogP contribution in [0.25, 0.3) is 10.9 Å². The van der Waals surface area contributed by atoms with Gasteiger partial charge >= 0.3 is 0 Å². The summed E-state index contributed by atoms with van der Waals surface area (Å²) in [6.07, 6.45) is 1.95. The van der Waals surface area contributed by atoms with E-state index in [1.54, 1.807) is 11.3 Å². The normalized spacial score (nSPS) is 12.3. The predicted octanol–water partition coefficient (Wildman–Crippen LogP) is 3.70. The zero-order valence-corrected chi connectivity index (χ0v) is 10.7. The molecule has 17 heavy (non-hydrogen) atoms. The summed E-state index contributed by atoms with van der Waals surface area (Å²) >= 11 is 1.68. The summed E-state index contributed by atoms with van der Waals surface area (Å²) in [7, 11) is 0. The molecule has 0 saturated heterocycles. The van der Waals surface area contributed by atoms with Gasteiger partial charge in [0.15, 0.2) is 0 Å². The average Bonchev–Trinajstić information content (AvgIpc) is 2.98. The van der Waals surface area contributed by atoms with Crippen LogP contribution in [0.4, 0.5) is 0 Å². The molecule has 4 heteroatoms. The minimum atomic E-state index is -0.0288. The summed E-state index contributed by atoms with van der Waals surface area (Å²) < 4.78 is 0. The molecule has 0 aliphatic rings. The molecule has 0 bridgehead atoms. The number of nitrogens with two attached hydrogens (primary N) is 1. The van der Waals surface area contributed by atoms with Gasteiger partial charge in [0.2, 0.25) is 0 Å². The summed E-state index contributed by atoms with van der Waals surface area (Å²) in [4.78, 5) is 3.21. The van der Waals surface area contributed by atoms with Crippen LogP contribution in [-0.4, -0.2) is 4.98 Å². The standard InChI is InChI=1S/C13H12N2S.ClH/c14-13(11-4-6-16-8-11)10-2-1-9-3-5-15-12(9)7-10;/h1-8,13,15H,14H2;1H/t13-;/m0./s1. The molecular weight excluding hydrogens is 252 g/mol. The second-order valence-electron chi connectivity index (χ2n) is 3.86. The molecule has 2 aromatic heterocycles. The number of rotatable bonds is 2. The lowest BCUT2D eigenvalue weighted by atomic mass is 10.0. The van der Waals surface area contributed by atoms with Gasteiger partial charge in [0.1, 0.15) is 0 Å². The van der Waals surface area contributed by atoms with Crippen LogP contribution < -0.4 is 5.73 Å². The van der Waals surface area contributed by atoms with E-state index in [-0.39, 0.29) is 18.4 Å². The van der Waals surface area contributed by atoms with Crippen molar-refractivity contribution in [2.45, 2.75) is 6.04 Å².